The third-order valence-corrected chi connectivity index (χ3v) is 5.68. The third-order valence-electron chi connectivity index (χ3n) is 5.04. The van der Waals surface area contributed by atoms with Crippen LogP contribution in [-0.2, 0) is 16.1 Å². The molecular formula is C22H24N2O4S. The lowest BCUT2D eigenvalue weighted by Gasteiger charge is -2.27. The van der Waals surface area contributed by atoms with Crippen LogP contribution in [0.25, 0.3) is 0 Å². The molecule has 1 fully saturated rings. The summed E-state index contributed by atoms with van der Waals surface area (Å²) >= 11 is 1.52. The lowest BCUT2D eigenvalue weighted by atomic mass is 10.0. The Hall–Kier alpha value is -2.67. The molecule has 0 atom stereocenters. The molecule has 0 aliphatic heterocycles. The van der Waals surface area contributed by atoms with E-state index in [4.69, 9.17) is 9.47 Å². The Labute approximate surface area is 174 Å². The number of ether oxygens (including phenoxy) is 2. The van der Waals surface area contributed by atoms with Crippen LogP contribution < -0.4 is 4.74 Å². The second-order valence-electron chi connectivity index (χ2n) is 7.31. The number of rotatable bonds is 8. The zero-order valence-corrected chi connectivity index (χ0v) is 17.0. The van der Waals surface area contributed by atoms with Crippen molar-refractivity contribution >= 4 is 23.2 Å². The average molecular weight is 413 g/mol. The van der Waals surface area contributed by atoms with Crippen molar-refractivity contribution in [1.82, 2.24) is 9.88 Å². The second kappa shape index (κ2) is 9.22. The number of allylic oxidation sites excluding steroid dienone is 2. The lowest BCUT2D eigenvalue weighted by molar-refractivity contribution is -0.133. The van der Waals surface area contributed by atoms with Gasteiger partial charge in [0, 0.05) is 17.1 Å². The van der Waals surface area contributed by atoms with Gasteiger partial charge in [-0.1, -0.05) is 6.08 Å². The molecule has 29 heavy (non-hydrogen) atoms. The molecule has 0 saturated heterocycles. The number of thiazole rings is 1. The first-order valence-corrected chi connectivity index (χ1v) is 10.9. The van der Waals surface area contributed by atoms with Gasteiger partial charge in [0.15, 0.2) is 6.61 Å². The summed E-state index contributed by atoms with van der Waals surface area (Å²) < 4.78 is 10.9. The van der Waals surface area contributed by atoms with E-state index in [1.807, 2.05) is 10.3 Å². The van der Waals surface area contributed by atoms with Crippen LogP contribution in [0.5, 0.6) is 5.75 Å². The summed E-state index contributed by atoms with van der Waals surface area (Å²) in [5.41, 5.74) is 4.12. The predicted octanol–water partition coefficient (Wildman–Crippen LogP) is 4.33. The fourth-order valence-corrected chi connectivity index (χ4v) is 3.95. The molecule has 0 radical (unpaired) electrons. The summed E-state index contributed by atoms with van der Waals surface area (Å²) in [6.07, 6.45) is 8.44. The monoisotopic (exact) mass is 412 g/mol. The van der Waals surface area contributed by atoms with E-state index in [2.05, 4.69) is 11.1 Å². The number of aromatic nitrogens is 1. The molecule has 2 aromatic rings. The van der Waals surface area contributed by atoms with Crippen LogP contribution >= 0.6 is 11.3 Å². The highest BCUT2D eigenvalue weighted by atomic mass is 32.1. The fraction of sp³-hybridized carbons (Fsp3) is 0.409. The van der Waals surface area contributed by atoms with Crippen LogP contribution in [0.4, 0.5) is 0 Å². The Bertz CT molecular complexity index is 873. The number of hydrogen-bond acceptors (Lipinski definition) is 6. The van der Waals surface area contributed by atoms with Crippen LogP contribution in [0, 0.1) is 0 Å². The Kier molecular flexibility index (Phi) is 6.24. The van der Waals surface area contributed by atoms with Gasteiger partial charge >= 0.3 is 5.97 Å². The van der Waals surface area contributed by atoms with Gasteiger partial charge in [-0.3, -0.25) is 4.79 Å². The van der Waals surface area contributed by atoms with E-state index in [-0.39, 0.29) is 18.6 Å². The largest absolute Gasteiger partial charge is 0.487 e. The van der Waals surface area contributed by atoms with Gasteiger partial charge in [0.05, 0.1) is 16.8 Å². The number of carbonyl (C=O) groups excluding carboxylic acids is 2. The van der Waals surface area contributed by atoms with E-state index in [0.29, 0.717) is 17.9 Å². The van der Waals surface area contributed by atoms with Gasteiger partial charge in [-0.25, -0.2) is 9.78 Å². The minimum atomic E-state index is -0.502. The number of esters is 1. The van der Waals surface area contributed by atoms with Crippen molar-refractivity contribution < 1.29 is 19.1 Å². The van der Waals surface area contributed by atoms with Crippen LogP contribution in [0.15, 0.2) is 46.9 Å². The van der Waals surface area contributed by atoms with E-state index >= 15 is 0 Å². The Balaban J connectivity index is 1.29. The number of benzene rings is 1. The van der Waals surface area contributed by atoms with E-state index in [1.165, 1.54) is 17.8 Å². The van der Waals surface area contributed by atoms with Gasteiger partial charge in [0.1, 0.15) is 12.4 Å². The highest BCUT2D eigenvalue weighted by Gasteiger charge is 2.35. The molecule has 6 nitrogen and oxygen atoms in total. The minimum Gasteiger partial charge on any atom is -0.487 e. The van der Waals surface area contributed by atoms with Gasteiger partial charge in [-0.15, -0.1) is 11.3 Å². The SMILES string of the molecule is O=C(OCC(=O)N(C1=CCCCC1)C1CC1)c1ccc(OCc2cscn2)cc1. The Morgan fingerprint density at radius 1 is 1.17 bits per heavy atom. The Morgan fingerprint density at radius 3 is 2.66 bits per heavy atom. The molecular weight excluding hydrogens is 388 g/mol. The number of amides is 1. The maximum absolute atomic E-state index is 12.7. The molecule has 1 amide bonds. The van der Waals surface area contributed by atoms with Crippen LogP contribution in [0.3, 0.4) is 0 Å². The topological polar surface area (TPSA) is 68.7 Å². The molecule has 152 valence electrons. The first-order chi connectivity index (χ1) is 14.2. The van der Waals surface area contributed by atoms with Gasteiger partial charge < -0.3 is 14.4 Å². The predicted molar refractivity (Wildman–Crippen MR) is 110 cm³/mol. The van der Waals surface area contributed by atoms with E-state index < -0.39 is 5.97 Å². The quantitative estimate of drug-likeness (QED) is 0.604. The molecule has 0 bridgehead atoms. The van der Waals surface area contributed by atoms with Crippen molar-refractivity contribution in [2.75, 3.05) is 6.61 Å². The van der Waals surface area contributed by atoms with Crippen molar-refractivity contribution in [1.29, 1.82) is 0 Å². The zero-order valence-electron chi connectivity index (χ0n) is 16.2. The summed E-state index contributed by atoms with van der Waals surface area (Å²) in [7, 11) is 0. The van der Waals surface area contributed by atoms with Gasteiger partial charge in [-0.05, 0) is 62.8 Å². The van der Waals surface area contributed by atoms with Gasteiger partial charge in [0.25, 0.3) is 5.91 Å². The van der Waals surface area contributed by atoms with Crippen molar-refractivity contribution in [2.45, 2.75) is 51.2 Å². The molecule has 0 N–H and O–H groups in total. The van der Waals surface area contributed by atoms with Crippen molar-refractivity contribution in [3.8, 4) is 5.75 Å². The van der Waals surface area contributed by atoms with E-state index in [9.17, 15) is 9.59 Å². The average Bonchev–Trinajstić information content (AvgIpc) is 3.44. The molecule has 1 heterocycles. The van der Waals surface area contributed by atoms with Crippen molar-refractivity contribution in [2.24, 2.45) is 0 Å². The molecule has 2 aliphatic rings. The van der Waals surface area contributed by atoms with Crippen LogP contribution in [0.1, 0.15) is 54.6 Å². The Morgan fingerprint density at radius 2 is 2.00 bits per heavy atom. The van der Waals surface area contributed by atoms with E-state index in [0.717, 1.165) is 43.5 Å². The summed E-state index contributed by atoms with van der Waals surface area (Å²) in [6, 6.07) is 7.00. The van der Waals surface area contributed by atoms with Crippen molar-refractivity contribution in [3.63, 3.8) is 0 Å². The maximum Gasteiger partial charge on any atom is 0.338 e. The van der Waals surface area contributed by atoms with E-state index in [1.54, 1.807) is 29.8 Å². The summed E-state index contributed by atoms with van der Waals surface area (Å²) in [4.78, 5) is 31.1. The van der Waals surface area contributed by atoms with Crippen molar-refractivity contribution in [3.05, 3.63) is 58.2 Å². The smallest absolute Gasteiger partial charge is 0.338 e. The summed E-state index contributed by atoms with van der Waals surface area (Å²) in [6.45, 7) is 0.156. The molecule has 1 aromatic carbocycles. The lowest BCUT2D eigenvalue weighted by Crippen LogP contribution is -2.36. The minimum absolute atomic E-state index is 0.128. The number of hydrogen-bond donors (Lipinski definition) is 0. The first kappa shape index (κ1) is 19.6. The normalized spacial score (nSPS) is 16.1. The summed E-state index contributed by atoms with van der Waals surface area (Å²) in [5.74, 6) is 0.0183. The van der Waals surface area contributed by atoms with Crippen LogP contribution in [-0.4, -0.2) is 34.4 Å². The second-order valence-corrected chi connectivity index (χ2v) is 8.02. The molecule has 0 spiro atoms. The molecule has 7 heteroatoms. The standard InChI is InChI=1S/C22H24N2O4S/c25-21(24(19-8-9-19)18-4-2-1-3-5-18)13-28-22(26)16-6-10-20(11-7-16)27-12-17-14-29-15-23-17/h4,6-7,10-11,14-15,19H,1-3,5,8-9,12-13H2. The zero-order chi connectivity index (χ0) is 20.1. The summed E-state index contributed by atoms with van der Waals surface area (Å²) in [5, 5.41) is 1.93. The number of nitrogens with zero attached hydrogens (tertiary/aromatic N) is 2. The molecule has 1 saturated carbocycles. The fourth-order valence-electron chi connectivity index (χ4n) is 3.40. The molecule has 1 aromatic heterocycles. The molecule has 2 aliphatic carbocycles. The molecule has 4 rings (SSSR count). The highest BCUT2D eigenvalue weighted by Crippen LogP contribution is 2.33. The third kappa shape index (κ3) is 5.23. The maximum atomic E-state index is 12.7. The first-order valence-electron chi connectivity index (χ1n) is 9.99. The highest BCUT2D eigenvalue weighted by molar-refractivity contribution is 7.07. The van der Waals surface area contributed by atoms with Gasteiger partial charge in [-0.2, -0.15) is 0 Å². The van der Waals surface area contributed by atoms with Gasteiger partial charge in [0.2, 0.25) is 0 Å². The molecule has 0 unspecified atom stereocenters. The van der Waals surface area contributed by atoms with Crippen LogP contribution in [0.2, 0.25) is 0 Å². The number of carbonyl (C=O) groups is 2.